The quantitative estimate of drug-likeness (QED) is 0.889. The monoisotopic (exact) mass is 250 g/mol. The molecule has 2 rings (SSSR count). The van der Waals surface area contributed by atoms with Crippen LogP contribution in [0.15, 0.2) is 27.4 Å². The van der Waals surface area contributed by atoms with Crippen molar-refractivity contribution in [2.75, 3.05) is 5.32 Å². The van der Waals surface area contributed by atoms with Crippen LogP contribution in [0.4, 0.5) is 5.88 Å². The van der Waals surface area contributed by atoms with E-state index in [1.807, 2.05) is 26.2 Å². The summed E-state index contributed by atoms with van der Waals surface area (Å²) in [4.78, 5) is 11.7. The molecule has 90 valence electrons. The summed E-state index contributed by atoms with van der Waals surface area (Å²) in [7, 11) is 0. The van der Waals surface area contributed by atoms with Crippen LogP contribution in [0, 0.1) is 0 Å². The van der Waals surface area contributed by atoms with Gasteiger partial charge in [0.05, 0.1) is 11.3 Å². The molecule has 0 aliphatic heterocycles. The van der Waals surface area contributed by atoms with Crippen LogP contribution in [0.2, 0.25) is 0 Å². The highest BCUT2D eigenvalue weighted by Gasteiger charge is 2.19. The molecular weight excluding hydrogens is 236 g/mol. The van der Waals surface area contributed by atoms with Crippen LogP contribution >= 0.6 is 11.3 Å². The highest BCUT2D eigenvalue weighted by Crippen LogP contribution is 2.23. The van der Waals surface area contributed by atoms with E-state index in [9.17, 15) is 4.79 Å². The fourth-order valence-electron chi connectivity index (χ4n) is 1.27. The Morgan fingerprint density at radius 2 is 2.24 bits per heavy atom. The van der Waals surface area contributed by atoms with Gasteiger partial charge in [-0.25, -0.2) is 0 Å². The summed E-state index contributed by atoms with van der Waals surface area (Å²) in [6.45, 7) is 6.11. The Kier molecular flexibility index (Phi) is 3.02. The maximum absolute atomic E-state index is 11.7. The Balaban J connectivity index is 2.10. The van der Waals surface area contributed by atoms with Crippen molar-refractivity contribution in [1.82, 2.24) is 5.16 Å². The van der Waals surface area contributed by atoms with Crippen molar-refractivity contribution in [3.05, 3.63) is 34.2 Å². The minimum Gasteiger partial charge on any atom is -0.338 e. The first-order valence-electron chi connectivity index (χ1n) is 5.27. The van der Waals surface area contributed by atoms with Gasteiger partial charge in [0.2, 0.25) is 5.88 Å². The number of nitrogens with zero attached hydrogens (tertiary/aromatic N) is 1. The van der Waals surface area contributed by atoms with Gasteiger partial charge in [-0.2, -0.15) is 11.3 Å². The lowest BCUT2D eigenvalue weighted by Crippen LogP contribution is -2.12. The van der Waals surface area contributed by atoms with Gasteiger partial charge in [0, 0.05) is 16.9 Å². The smallest absolute Gasteiger partial charge is 0.258 e. The van der Waals surface area contributed by atoms with Gasteiger partial charge in [0.15, 0.2) is 0 Å². The van der Waals surface area contributed by atoms with Crippen LogP contribution in [0.1, 0.15) is 36.8 Å². The SMILES string of the molecule is CC(C)(C)c1cc(NC(=O)c2ccsc2)on1. The van der Waals surface area contributed by atoms with E-state index in [1.165, 1.54) is 11.3 Å². The molecule has 0 aromatic carbocycles. The van der Waals surface area contributed by atoms with Crippen molar-refractivity contribution in [3.63, 3.8) is 0 Å². The molecule has 0 aliphatic rings. The largest absolute Gasteiger partial charge is 0.338 e. The first kappa shape index (κ1) is 11.9. The van der Waals surface area contributed by atoms with Crippen LogP contribution in [-0.4, -0.2) is 11.1 Å². The van der Waals surface area contributed by atoms with Crippen molar-refractivity contribution in [2.45, 2.75) is 26.2 Å². The Morgan fingerprint density at radius 3 is 2.76 bits per heavy atom. The number of amides is 1. The average molecular weight is 250 g/mol. The third kappa shape index (κ3) is 2.74. The van der Waals surface area contributed by atoms with E-state index in [-0.39, 0.29) is 11.3 Å². The number of anilines is 1. The van der Waals surface area contributed by atoms with Gasteiger partial charge in [-0.3, -0.25) is 10.1 Å². The lowest BCUT2D eigenvalue weighted by atomic mass is 9.92. The minimum absolute atomic E-state index is 0.0884. The van der Waals surface area contributed by atoms with E-state index < -0.39 is 0 Å². The molecule has 2 aromatic rings. The number of aromatic nitrogens is 1. The van der Waals surface area contributed by atoms with Gasteiger partial charge in [-0.15, -0.1) is 0 Å². The molecule has 17 heavy (non-hydrogen) atoms. The first-order chi connectivity index (χ1) is 7.97. The Labute approximate surface area is 104 Å². The summed E-state index contributed by atoms with van der Waals surface area (Å²) in [5, 5.41) is 10.3. The summed E-state index contributed by atoms with van der Waals surface area (Å²) in [5.74, 6) is 0.203. The number of carbonyl (C=O) groups is 1. The number of thiophene rings is 1. The maximum Gasteiger partial charge on any atom is 0.258 e. The molecule has 4 nitrogen and oxygen atoms in total. The molecule has 0 radical (unpaired) electrons. The summed E-state index contributed by atoms with van der Waals surface area (Å²) in [6.07, 6.45) is 0. The Hall–Kier alpha value is -1.62. The van der Waals surface area contributed by atoms with E-state index in [2.05, 4.69) is 10.5 Å². The van der Waals surface area contributed by atoms with Crippen molar-refractivity contribution in [3.8, 4) is 0 Å². The van der Waals surface area contributed by atoms with Gasteiger partial charge < -0.3 is 4.52 Å². The van der Waals surface area contributed by atoms with Crippen LogP contribution in [0.3, 0.4) is 0 Å². The van der Waals surface area contributed by atoms with E-state index in [0.29, 0.717) is 11.4 Å². The van der Waals surface area contributed by atoms with Gasteiger partial charge in [-0.1, -0.05) is 25.9 Å². The Morgan fingerprint density at radius 1 is 1.47 bits per heavy atom. The second-order valence-corrected chi connectivity index (χ2v) is 5.57. The van der Waals surface area contributed by atoms with Gasteiger partial charge in [0.25, 0.3) is 5.91 Å². The van der Waals surface area contributed by atoms with Crippen LogP contribution in [0.5, 0.6) is 0 Å². The van der Waals surface area contributed by atoms with Crippen molar-refractivity contribution in [2.24, 2.45) is 0 Å². The lowest BCUT2D eigenvalue weighted by molar-refractivity contribution is 0.102. The molecule has 0 fully saturated rings. The minimum atomic E-state index is -0.178. The highest BCUT2D eigenvalue weighted by atomic mass is 32.1. The van der Waals surface area contributed by atoms with Crippen LogP contribution in [0.25, 0.3) is 0 Å². The van der Waals surface area contributed by atoms with Gasteiger partial charge in [0.1, 0.15) is 0 Å². The predicted molar refractivity (Wildman–Crippen MR) is 67.5 cm³/mol. The van der Waals surface area contributed by atoms with E-state index in [0.717, 1.165) is 5.69 Å². The molecule has 2 heterocycles. The molecule has 1 amide bonds. The molecule has 1 N–H and O–H groups in total. The fourth-order valence-corrected chi connectivity index (χ4v) is 1.90. The zero-order valence-corrected chi connectivity index (χ0v) is 10.8. The second kappa shape index (κ2) is 4.33. The summed E-state index contributed by atoms with van der Waals surface area (Å²) in [5.41, 5.74) is 1.36. The number of hydrogen-bond acceptors (Lipinski definition) is 4. The summed E-state index contributed by atoms with van der Waals surface area (Å²) in [6, 6.07) is 3.52. The first-order valence-corrected chi connectivity index (χ1v) is 6.22. The Bertz CT molecular complexity index is 509. The molecule has 5 heteroatoms. The molecule has 0 bridgehead atoms. The number of hydrogen-bond donors (Lipinski definition) is 1. The molecule has 0 atom stereocenters. The molecular formula is C12H14N2O2S. The molecule has 2 aromatic heterocycles. The lowest BCUT2D eigenvalue weighted by Gasteiger charge is -2.12. The highest BCUT2D eigenvalue weighted by molar-refractivity contribution is 7.08. The van der Waals surface area contributed by atoms with Crippen molar-refractivity contribution >= 4 is 23.1 Å². The van der Waals surface area contributed by atoms with Crippen molar-refractivity contribution in [1.29, 1.82) is 0 Å². The molecule has 0 aliphatic carbocycles. The summed E-state index contributed by atoms with van der Waals surface area (Å²) < 4.78 is 5.08. The number of nitrogens with one attached hydrogen (secondary N) is 1. The zero-order valence-electron chi connectivity index (χ0n) is 9.98. The third-order valence-electron chi connectivity index (χ3n) is 2.30. The van der Waals surface area contributed by atoms with Crippen LogP contribution < -0.4 is 5.32 Å². The van der Waals surface area contributed by atoms with E-state index >= 15 is 0 Å². The average Bonchev–Trinajstić information content (AvgIpc) is 2.85. The maximum atomic E-state index is 11.7. The number of carbonyl (C=O) groups excluding carboxylic acids is 1. The topological polar surface area (TPSA) is 55.1 Å². The van der Waals surface area contributed by atoms with Gasteiger partial charge >= 0.3 is 0 Å². The third-order valence-corrected chi connectivity index (χ3v) is 2.98. The van der Waals surface area contributed by atoms with Crippen LogP contribution in [-0.2, 0) is 5.41 Å². The number of rotatable bonds is 2. The standard InChI is InChI=1S/C12H14N2O2S/c1-12(2,3)9-6-10(16-14-9)13-11(15)8-4-5-17-7-8/h4-7H,1-3H3,(H,13,15). The predicted octanol–water partition coefficient (Wildman–Crippen LogP) is 3.29. The fraction of sp³-hybridized carbons (Fsp3) is 0.333. The molecule has 0 saturated carbocycles. The van der Waals surface area contributed by atoms with Gasteiger partial charge in [-0.05, 0) is 11.4 Å². The van der Waals surface area contributed by atoms with E-state index in [4.69, 9.17) is 4.52 Å². The van der Waals surface area contributed by atoms with E-state index in [1.54, 1.807) is 17.5 Å². The summed E-state index contributed by atoms with van der Waals surface area (Å²) >= 11 is 1.48. The van der Waals surface area contributed by atoms with Crippen molar-refractivity contribution < 1.29 is 9.32 Å². The molecule has 0 saturated heterocycles. The normalized spacial score (nSPS) is 11.5. The second-order valence-electron chi connectivity index (χ2n) is 4.79. The molecule has 0 unspecified atom stereocenters. The molecule has 0 spiro atoms. The zero-order chi connectivity index (χ0) is 12.5.